The van der Waals surface area contributed by atoms with Crippen molar-refractivity contribution in [2.24, 2.45) is 10.8 Å². The second-order valence-corrected chi connectivity index (χ2v) is 14.5. The van der Waals surface area contributed by atoms with Gasteiger partial charge in [0.15, 0.2) is 18.2 Å². The fourth-order valence-corrected chi connectivity index (χ4v) is 7.16. The monoisotopic (exact) mass is 632 g/mol. The second kappa shape index (κ2) is 11.1. The van der Waals surface area contributed by atoms with Crippen molar-refractivity contribution in [3.05, 3.63) is 80.1 Å². The molecular weight excluding hydrogens is 592 g/mol. The van der Waals surface area contributed by atoms with Crippen LogP contribution in [0.3, 0.4) is 0 Å². The highest BCUT2D eigenvalue weighted by Crippen LogP contribution is 2.55. The Morgan fingerprint density at radius 3 is 2.05 bits per heavy atom. The first kappa shape index (κ1) is 30.3. The molecule has 0 saturated carbocycles. The van der Waals surface area contributed by atoms with Crippen LogP contribution >= 0.6 is 15.9 Å². The number of nitrogens with zero attached hydrogens (tertiary/aromatic N) is 1. The van der Waals surface area contributed by atoms with E-state index in [1.807, 2.05) is 50.2 Å². The zero-order valence-electron chi connectivity index (χ0n) is 25.7. The number of rotatable bonds is 6. The van der Waals surface area contributed by atoms with Gasteiger partial charge in [-0.25, -0.2) is 0 Å². The predicted molar refractivity (Wildman–Crippen MR) is 169 cm³/mol. The number of ether oxygens (including phenoxy) is 1. The van der Waals surface area contributed by atoms with Crippen LogP contribution in [0.4, 0.5) is 5.69 Å². The number of halogens is 1. The van der Waals surface area contributed by atoms with Crippen molar-refractivity contribution in [1.29, 1.82) is 0 Å². The van der Waals surface area contributed by atoms with Crippen LogP contribution in [0, 0.1) is 24.7 Å². The molecule has 1 aliphatic heterocycles. The molecule has 0 bridgehead atoms. The highest BCUT2D eigenvalue weighted by Gasteiger charge is 2.49. The minimum absolute atomic E-state index is 0.0762. The Balaban J connectivity index is 1.57. The summed E-state index contributed by atoms with van der Waals surface area (Å²) in [6.45, 7) is 15.2. The van der Waals surface area contributed by atoms with Crippen molar-refractivity contribution < 1.29 is 19.1 Å². The average Bonchev–Trinajstić information content (AvgIpc) is 2.87. The molecule has 0 spiro atoms. The summed E-state index contributed by atoms with van der Waals surface area (Å²) in [4.78, 5) is 43.1. The van der Waals surface area contributed by atoms with E-state index in [0.29, 0.717) is 42.0 Å². The lowest BCUT2D eigenvalue weighted by molar-refractivity contribution is -0.120. The molecule has 1 amide bonds. The van der Waals surface area contributed by atoms with Gasteiger partial charge in [-0.15, -0.1) is 0 Å². The fraction of sp³-hybridized carbons (Fsp3) is 0.457. The van der Waals surface area contributed by atoms with Crippen molar-refractivity contribution in [3.63, 3.8) is 0 Å². The van der Waals surface area contributed by atoms with E-state index < -0.39 is 5.92 Å². The Labute approximate surface area is 257 Å². The van der Waals surface area contributed by atoms with E-state index >= 15 is 0 Å². The molecule has 2 aromatic carbocycles. The van der Waals surface area contributed by atoms with Crippen molar-refractivity contribution >= 4 is 39.1 Å². The van der Waals surface area contributed by atoms with Crippen LogP contribution in [-0.4, -0.2) is 35.5 Å². The molecular formula is C35H41BrN2O4. The molecule has 6 nitrogen and oxygen atoms in total. The molecule has 0 fully saturated rings. The van der Waals surface area contributed by atoms with E-state index in [-0.39, 0.29) is 34.9 Å². The molecule has 1 N–H and O–H groups in total. The van der Waals surface area contributed by atoms with Crippen molar-refractivity contribution in [1.82, 2.24) is 4.90 Å². The first-order chi connectivity index (χ1) is 19.7. The SMILES string of the molecule is CCN1C2=C(C(=O)CC(C)(C)C2)C(c2cc(Br)ccc2OCC(=O)Nc2ccc(C)c(C)c2)C2=C1CC(C)(C)CC2=O. The molecule has 1 heterocycles. The van der Waals surface area contributed by atoms with Gasteiger partial charge in [-0.1, -0.05) is 49.7 Å². The van der Waals surface area contributed by atoms with E-state index in [1.165, 1.54) is 0 Å². The summed E-state index contributed by atoms with van der Waals surface area (Å²) in [6.07, 6.45) is 2.36. The molecule has 7 heteroatoms. The van der Waals surface area contributed by atoms with Gasteiger partial charge in [0.05, 0.1) is 0 Å². The van der Waals surface area contributed by atoms with Crippen LogP contribution in [0.2, 0.25) is 0 Å². The quantitative estimate of drug-likeness (QED) is 0.352. The summed E-state index contributed by atoms with van der Waals surface area (Å²) < 4.78 is 7.00. The largest absolute Gasteiger partial charge is 0.483 e. The second-order valence-electron chi connectivity index (χ2n) is 13.6. The Kier molecular flexibility index (Phi) is 8.03. The number of carbonyl (C=O) groups is 3. The van der Waals surface area contributed by atoms with Gasteiger partial charge in [0.2, 0.25) is 0 Å². The molecule has 0 unspecified atom stereocenters. The molecule has 3 aliphatic rings. The molecule has 0 atom stereocenters. The van der Waals surface area contributed by atoms with Gasteiger partial charge in [-0.3, -0.25) is 14.4 Å². The summed E-state index contributed by atoms with van der Waals surface area (Å²) in [6, 6.07) is 11.4. The van der Waals surface area contributed by atoms with Crippen molar-refractivity contribution in [3.8, 4) is 5.75 Å². The topological polar surface area (TPSA) is 75.7 Å². The standard InChI is InChI=1S/C35H41BrN2O4/c1-8-38-25-15-34(4,5)17-27(39)32(25)31(33-26(38)16-35(6,7)18-28(33)40)24-14-22(36)10-12-29(24)42-19-30(41)37-23-11-9-20(2)21(3)13-23/h9-14,31H,8,15-19H2,1-7H3,(H,37,41). The normalized spacial score (nSPS) is 20.0. The van der Waals surface area contributed by atoms with Gasteiger partial charge in [0.25, 0.3) is 5.91 Å². The Morgan fingerprint density at radius 1 is 0.905 bits per heavy atom. The lowest BCUT2D eigenvalue weighted by Gasteiger charge is -2.49. The molecule has 5 rings (SSSR count). The van der Waals surface area contributed by atoms with Gasteiger partial charge >= 0.3 is 0 Å². The van der Waals surface area contributed by atoms with Crippen molar-refractivity contribution in [2.75, 3.05) is 18.5 Å². The number of allylic oxidation sites excluding steroid dienone is 4. The summed E-state index contributed by atoms with van der Waals surface area (Å²) in [5.41, 5.74) is 6.78. The number of nitrogens with one attached hydrogen (secondary N) is 1. The Bertz CT molecular complexity index is 1490. The van der Waals surface area contributed by atoms with Gasteiger partial charge < -0.3 is 15.0 Å². The highest BCUT2D eigenvalue weighted by molar-refractivity contribution is 9.10. The number of hydrogen-bond acceptors (Lipinski definition) is 5. The number of Topliss-reactive ketones (excluding diaryl/α,β-unsaturated/α-hetero) is 2. The summed E-state index contributed by atoms with van der Waals surface area (Å²) >= 11 is 3.62. The maximum Gasteiger partial charge on any atom is 0.262 e. The maximum absolute atomic E-state index is 14.0. The van der Waals surface area contributed by atoms with E-state index in [0.717, 1.165) is 45.4 Å². The maximum atomic E-state index is 14.0. The number of carbonyl (C=O) groups excluding carboxylic acids is 3. The summed E-state index contributed by atoms with van der Waals surface area (Å²) in [5, 5.41) is 2.92. The molecule has 42 heavy (non-hydrogen) atoms. The van der Waals surface area contributed by atoms with E-state index in [2.05, 4.69) is 60.8 Å². The Hall–Kier alpha value is -3.19. The number of amides is 1. The number of hydrogen-bond donors (Lipinski definition) is 1. The van der Waals surface area contributed by atoms with Crippen LogP contribution < -0.4 is 10.1 Å². The molecule has 2 aliphatic carbocycles. The van der Waals surface area contributed by atoms with Crippen molar-refractivity contribution in [2.45, 2.75) is 80.1 Å². The fourth-order valence-electron chi connectivity index (χ4n) is 6.78. The first-order valence-electron chi connectivity index (χ1n) is 14.8. The number of benzene rings is 2. The van der Waals surface area contributed by atoms with E-state index in [9.17, 15) is 14.4 Å². The first-order valence-corrected chi connectivity index (χ1v) is 15.6. The zero-order valence-corrected chi connectivity index (χ0v) is 27.3. The molecule has 0 aromatic heterocycles. The predicted octanol–water partition coefficient (Wildman–Crippen LogP) is 7.79. The lowest BCUT2D eigenvalue weighted by atomic mass is 9.63. The Morgan fingerprint density at radius 2 is 1.50 bits per heavy atom. The van der Waals surface area contributed by atoms with Gasteiger partial charge in [-0.05, 0) is 85.9 Å². The van der Waals surface area contributed by atoms with E-state index in [1.54, 1.807) is 0 Å². The highest BCUT2D eigenvalue weighted by atomic mass is 79.9. The minimum Gasteiger partial charge on any atom is -0.483 e. The smallest absolute Gasteiger partial charge is 0.262 e. The van der Waals surface area contributed by atoms with Gasteiger partial charge in [0, 0.05) is 63.6 Å². The summed E-state index contributed by atoms with van der Waals surface area (Å²) in [5.74, 6) is -0.170. The lowest BCUT2D eigenvalue weighted by Crippen LogP contribution is -2.44. The van der Waals surface area contributed by atoms with Crippen LogP contribution in [-0.2, 0) is 14.4 Å². The third kappa shape index (κ3) is 5.85. The number of anilines is 1. The van der Waals surface area contributed by atoms with Crippen LogP contribution in [0.5, 0.6) is 5.75 Å². The third-order valence-electron chi connectivity index (χ3n) is 8.77. The van der Waals surface area contributed by atoms with Crippen LogP contribution in [0.1, 0.15) is 82.9 Å². The van der Waals surface area contributed by atoms with Gasteiger partial charge in [0.1, 0.15) is 5.75 Å². The zero-order chi connectivity index (χ0) is 30.6. The van der Waals surface area contributed by atoms with E-state index in [4.69, 9.17) is 4.74 Å². The molecule has 0 saturated heterocycles. The number of aryl methyl sites for hydroxylation is 2. The molecule has 2 aromatic rings. The summed E-state index contributed by atoms with van der Waals surface area (Å²) in [7, 11) is 0. The van der Waals surface area contributed by atoms with Crippen LogP contribution in [0.25, 0.3) is 0 Å². The number of ketones is 2. The van der Waals surface area contributed by atoms with Crippen LogP contribution in [0.15, 0.2) is 63.4 Å². The van der Waals surface area contributed by atoms with Gasteiger partial charge in [-0.2, -0.15) is 0 Å². The average molecular weight is 634 g/mol. The minimum atomic E-state index is -0.541. The molecule has 0 radical (unpaired) electrons. The third-order valence-corrected chi connectivity index (χ3v) is 9.26. The molecule has 222 valence electrons.